The first kappa shape index (κ1) is 15.9. The van der Waals surface area contributed by atoms with Gasteiger partial charge in [0, 0.05) is 5.02 Å². The molecule has 0 saturated heterocycles. The number of nitrogens with one attached hydrogen (secondary N) is 1. The smallest absolute Gasteiger partial charge is 0.133 e. The lowest BCUT2D eigenvalue weighted by Crippen LogP contribution is -2.06. The van der Waals surface area contributed by atoms with E-state index in [2.05, 4.69) is 26.5 Å². The van der Waals surface area contributed by atoms with Gasteiger partial charge < -0.3 is 4.74 Å². The number of rotatable bonds is 5. The van der Waals surface area contributed by atoms with E-state index < -0.39 is 0 Å². The lowest BCUT2D eigenvalue weighted by atomic mass is 10.2. The number of benzene rings is 2. The fourth-order valence-electron chi connectivity index (χ4n) is 1.65. The first-order chi connectivity index (χ1) is 10.0. The maximum Gasteiger partial charge on any atom is 0.133 e. The van der Waals surface area contributed by atoms with Gasteiger partial charge in [-0.15, -0.1) is 0 Å². The van der Waals surface area contributed by atoms with Gasteiger partial charge in [-0.1, -0.05) is 11.6 Å². The first-order valence-electron chi connectivity index (χ1n) is 6.55. The third-order valence-electron chi connectivity index (χ3n) is 2.57. The number of halogens is 2. The van der Waals surface area contributed by atoms with Crippen LogP contribution in [0.5, 0.6) is 5.75 Å². The number of hydrogen-bond acceptors (Lipinski definition) is 3. The topological polar surface area (TPSA) is 33.6 Å². The van der Waals surface area contributed by atoms with Crippen LogP contribution in [0.4, 0.5) is 5.69 Å². The summed E-state index contributed by atoms with van der Waals surface area (Å²) < 4.78 is 6.57. The predicted molar refractivity (Wildman–Crippen MR) is 92.6 cm³/mol. The molecular weight excluding hydrogens is 352 g/mol. The van der Waals surface area contributed by atoms with E-state index in [1.54, 1.807) is 6.21 Å². The van der Waals surface area contributed by atoms with Crippen molar-refractivity contribution in [3.05, 3.63) is 57.5 Å². The molecule has 0 aliphatic rings. The standard InChI is InChI=1S/C16H16BrClN2O/c1-11(2)21-16-8-3-12(9-15(16)17)10-19-20-14-6-4-13(18)5-7-14/h3-11,20H,1-2H3/b19-10+. The molecule has 0 aromatic heterocycles. The van der Waals surface area contributed by atoms with Crippen LogP contribution in [-0.2, 0) is 0 Å². The highest BCUT2D eigenvalue weighted by molar-refractivity contribution is 9.10. The Labute approximate surface area is 138 Å². The van der Waals surface area contributed by atoms with Crippen LogP contribution in [-0.4, -0.2) is 12.3 Å². The van der Waals surface area contributed by atoms with Crippen molar-refractivity contribution in [2.24, 2.45) is 5.10 Å². The highest BCUT2D eigenvalue weighted by Crippen LogP contribution is 2.26. The van der Waals surface area contributed by atoms with Crippen molar-refractivity contribution < 1.29 is 4.74 Å². The number of ether oxygens (including phenoxy) is 1. The van der Waals surface area contributed by atoms with Gasteiger partial charge in [-0.25, -0.2) is 0 Å². The van der Waals surface area contributed by atoms with Gasteiger partial charge in [-0.2, -0.15) is 5.10 Å². The van der Waals surface area contributed by atoms with Crippen LogP contribution in [0.2, 0.25) is 5.02 Å². The molecule has 0 bridgehead atoms. The average Bonchev–Trinajstić information content (AvgIpc) is 2.43. The quantitative estimate of drug-likeness (QED) is 0.572. The summed E-state index contributed by atoms with van der Waals surface area (Å²) in [5.74, 6) is 0.827. The molecule has 0 fully saturated rings. The van der Waals surface area contributed by atoms with Gasteiger partial charge in [-0.05, 0) is 77.8 Å². The van der Waals surface area contributed by atoms with E-state index in [0.717, 1.165) is 21.5 Å². The van der Waals surface area contributed by atoms with Crippen LogP contribution in [0.3, 0.4) is 0 Å². The Hall–Kier alpha value is -1.52. The second-order valence-electron chi connectivity index (χ2n) is 4.73. The lowest BCUT2D eigenvalue weighted by molar-refractivity contribution is 0.241. The highest BCUT2D eigenvalue weighted by atomic mass is 79.9. The summed E-state index contributed by atoms with van der Waals surface area (Å²) >= 11 is 9.33. The van der Waals surface area contributed by atoms with Crippen molar-refractivity contribution in [2.45, 2.75) is 20.0 Å². The molecule has 2 aromatic carbocycles. The molecule has 0 aliphatic carbocycles. The van der Waals surface area contributed by atoms with Crippen LogP contribution in [0.25, 0.3) is 0 Å². The highest BCUT2D eigenvalue weighted by Gasteiger charge is 2.03. The Bertz CT molecular complexity index is 627. The maximum atomic E-state index is 5.83. The summed E-state index contributed by atoms with van der Waals surface area (Å²) in [4.78, 5) is 0. The minimum atomic E-state index is 0.146. The monoisotopic (exact) mass is 366 g/mol. The summed E-state index contributed by atoms with van der Waals surface area (Å²) in [6, 6.07) is 13.2. The van der Waals surface area contributed by atoms with Crippen LogP contribution >= 0.6 is 27.5 Å². The predicted octanol–water partition coefficient (Wildman–Crippen LogP) is 5.34. The molecule has 1 N–H and O–H groups in total. The SMILES string of the molecule is CC(C)Oc1ccc(/C=N/Nc2ccc(Cl)cc2)cc1Br. The van der Waals surface area contributed by atoms with E-state index in [0.29, 0.717) is 5.02 Å². The van der Waals surface area contributed by atoms with Crippen LogP contribution in [0, 0.1) is 0 Å². The van der Waals surface area contributed by atoms with E-state index in [1.165, 1.54) is 0 Å². The van der Waals surface area contributed by atoms with Gasteiger partial charge in [0.15, 0.2) is 0 Å². The zero-order valence-electron chi connectivity index (χ0n) is 11.8. The van der Waals surface area contributed by atoms with Crippen LogP contribution in [0.1, 0.15) is 19.4 Å². The van der Waals surface area contributed by atoms with Crippen molar-refractivity contribution in [1.29, 1.82) is 0 Å². The Morgan fingerprint density at radius 3 is 2.52 bits per heavy atom. The van der Waals surface area contributed by atoms with Crippen molar-refractivity contribution >= 4 is 39.4 Å². The molecule has 21 heavy (non-hydrogen) atoms. The zero-order valence-corrected chi connectivity index (χ0v) is 14.1. The molecule has 5 heteroatoms. The molecule has 0 spiro atoms. The second-order valence-corrected chi connectivity index (χ2v) is 6.02. The maximum absolute atomic E-state index is 5.83. The third-order valence-corrected chi connectivity index (χ3v) is 3.44. The molecule has 0 heterocycles. The van der Waals surface area contributed by atoms with Gasteiger partial charge in [0.2, 0.25) is 0 Å². The normalized spacial score (nSPS) is 11.1. The lowest BCUT2D eigenvalue weighted by Gasteiger charge is -2.11. The summed E-state index contributed by atoms with van der Waals surface area (Å²) in [5, 5.41) is 4.90. The molecule has 0 atom stereocenters. The fourth-order valence-corrected chi connectivity index (χ4v) is 2.27. The van der Waals surface area contributed by atoms with Gasteiger partial charge >= 0.3 is 0 Å². The van der Waals surface area contributed by atoms with E-state index in [9.17, 15) is 0 Å². The second kappa shape index (κ2) is 7.48. The number of hydrogen-bond donors (Lipinski definition) is 1. The molecule has 2 aromatic rings. The minimum absolute atomic E-state index is 0.146. The molecule has 0 aliphatic heterocycles. The van der Waals surface area contributed by atoms with Crippen molar-refractivity contribution in [2.75, 3.05) is 5.43 Å². The fraction of sp³-hybridized carbons (Fsp3) is 0.188. The zero-order chi connectivity index (χ0) is 15.2. The molecule has 3 nitrogen and oxygen atoms in total. The van der Waals surface area contributed by atoms with Crippen LogP contribution < -0.4 is 10.2 Å². The molecule has 0 unspecified atom stereocenters. The summed E-state index contributed by atoms with van der Waals surface area (Å²) in [5.41, 5.74) is 4.81. The summed E-state index contributed by atoms with van der Waals surface area (Å²) in [7, 11) is 0. The van der Waals surface area contributed by atoms with Gasteiger partial charge in [0.05, 0.1) is 22.5 Å². The Morgan fingerprint density at radius 2 is 1.90 bits per heavy atom. The minimum Gasteiger partial charge on any atom is -0.490 e. The summed E-state index contributed by atoms with van der Waals surface area (Å²) in [6.45, 7) is 4.00. The van der Waals surface area contributed by atoms with E-state index in [-0.39, 0.29) is 6.10 Å². The third kappa shape index (κ3) is 5.06. The first-order valence-corrected chi connectivity index (χ1v) is 7.72. The number of hydrazone groups is 1. The molecule has 0 saturated carbocycles. The van der Waals surface area contributed by atoms with Gasteiger partial charge in [0.25, 0.3) is 0 Å². The largest absolute Gasteiger partial charge is 0.490 e. The van der Waals surface area contributed by atoms with Crippen molar-refractivity contribution in [1.82, 2.24) is 0 Å². The number of anilines is 1. The van der Waals surface area contributed by atoms with Gasteiger partial charge in [-0.3, -0.25) is 5.43 Å². The Morgan fingerprint density at radius 1 is 1.19 bits per heavy atom. The van der Waals surface area contributed by atoms with E-state index >= 15 is 0 Å². The van der Waals surface area contributed by atoms with E-state index in [4.69, 9.17) is 16.3 Å². The van der Waals surface area contributed by atoms with Gasteiger partial charge in [0.1, 0.15) is 5.75 Å². The number of nitrogens with zero attached hydrogens (tertiary/aromatic N) is 1. The summed E-state index contributed by atoms with van der Waals surface area (Å²) in [6.07, 6.45) is 1.89. The Kier molecular flexibility index (Phi) is 5.65. The average molecular weight is 368 g/mol. The Balaban J connectivity index is 2.00. The van der Waals surface area contributed by atoms with Crippen molar-refractivity contribution in [3.63, 3.8) is 0 Å². The molecule has 110 valence electrons. The molecule has 2 rings (SSSR count). The molecular formula is C16H16BrClN2O. The van der Waals surface area contributed by atoms with E-state index in [1.807, 2.05) is 56.3 Å². The van der Waals surface area contributed by atoms with Crippen LogP contribution in [0.15, 0.2) is 52.0 Å². The van der Waals surface area contributed by atoms with Crippen molar-refractivity contribution in [3.8, 4) is 5.75 Å². The molecule has 0 amide bonds. The molecule has 0 radical (unpaired) electrons.